The number of rotatable bonds is 6. The van der Waals surface area contributed by atoms with Gasteiger partial charge in [-0.15, -0.1) is 11.3 Å². The van der Waals surface area contributed by atoms with Gasteiger partial charge in [0, 0.05) is 0 Å². The second-order valence-electron chi connectivity index (χ2n) is 11.4. The predicted molar refractivity (Wildman–Crippen MR) is 169 cm³/mol. The van der Waals surface area contributed by atoms with E-state index in [9.17, 15) is 21.6 Å². The first-order chi connectivity index (χ1) is 20.5. The molecule has 2 aliphatic rings. The van der Waals surface area contributed by atoms with Gasteiger partial charge in [-0.1, -0.05) is 91.0 Å². The van der Waals surface area contributed by atoms with Crippen LogP contribution in [0.2, 0.25) is 0 Å². The minimum absolute atomic E-state index is 0.0247. The normalized spacial score (nSPS) is 25.5. The van der Waals surface area contributed by atoms with Gasteiger partial charge in [-0.05, 0) is 60.4 Å². The second kappa shape index (κ2) is 9.54. The van der Waals surface area contributed by atoms with Crippen molar-refractivity contribution in [3.05, 3.63) is 126 Å². The molecule has 4 atom stereocenters. The Morgan fingerprint density at radius 2 is 1.05 bits per heavy atom. The highest BCUT2D eigenvalue weighted by Gasteiger charge is 2.78. The summed E-state index contributed by atoms with van der Waals surface area (Å²) in [7, 11) is -8.85. The van der Waals surface area contributed by atoms with Crippen LogP contribution < -0.4 is 0 Å². The fraction of sp³-hybridized carbons (Fsp3) is 0.176. The molecule has 43 heavy (non-hydrogen) atoms. The summed E-state index contributed by atoms with van der Waals surface area (Å²) >= 11 is 0.999. The maximum atomic E-state index is 14.9. The van der Waals surface area contributed by atoms with E-state index in [0.29, 0.717) is 32.5 Å². The van der Waals surface area contributed by atoms with Crippen molar-refractivity contribution >= 4 is 58.2 Å². The van der Waals surface area contributed by atoms with Crippen molar-refractivity contribution in [3.63, 3.8) is 0 Å². The maximum Gasteiger partial charge on any atom is 0.210 e. The predicted octanol–water partition coefficient (Wildman–Crippen LogP) is 6.50. The van der Waals surface area contributed by atoms with E-state index in [0.717, 1.165) is 11.3 Å². The molecule has 0 saturated heterocycles. The molecule has 2 aliphatic carbocycles. The van der Waals surface area contributed by atoms with E-state index in [4.69, 9.17) is 0 Å². The van der Waals surface area contributed by atoms with Crippen molar-refractivity contribution in [3.8, 4) is 0 Å². The Hall–Kier alpha value is -3.92. The number of benzene rings is 4. The van der Waals surface area contributed by atoms with Gasteiger partial charge in [0.2, 0.25) is 14.2 Å². The van der Waals surface area contributed by atoms with Crippen LogP contribution in [0.1, 0.15) is 25.0 Å². The zero-order chi connectivity index (χ0) is 30.2. The topological polar surface area (TPSA) is 98.2 Å². The van der Waals surface area contributed by atoms with Crippen LogP contribution in [-0.2, 0) is 24.5 Å². The van der Waals surface area contributed by atoms with Gasteiger partial charge in [-0.25, -0.2) is 21.8 Å². The fourth-order valence-corrected chi connectivity index (χ4v) is 14.1. The molecule has 0 radical (unpaired) electrons. The highest BCUT2D eigenvalue weighted by atomic mass is 32.2. The van der Waals surface area contributed by atoms with Crippen LogP contribution in [0.4, 0.5) is 0 Å². The summed E-state index contributed by atoms with van der Waals surface area (Å²) in [4.78, 5) is 19.4. The maximum absolute atomic E-state index is 14.9. The van der Waals surface area contributed by atoms with E-state index in [1.165, 1.54) is 12.1 Å². The lowest BCUT2D eigenvalue weighted by Gasteiger charge is -2.40. The van der Waals surface area contributed by atoms with Gasteiger partial charge in [-0.2, -0.15) is 0 Å². The molecule has 0 N–H and O–H groups in total. The van der Waals surface area contributed by atoms with Gasteiger partial charge in [0.25, 0.3) is 0 Å². The number of para-hydroxylation sites is 1. The van der Waals surface area contributed by atoms with E-state index in [2.05, 4.69) is 4.98 Å². The van der Waals surface area contributed by atoms with Crippen LogP contribution in [-0.4, -0.2) is 38.1 Å². The van der Waals surface area contributed by atoms with Gasteiger partial charge in [0.1, 0.15) is 10.5 Å². The van der Waals surface area contributed by atoms with Crippen molar-refractivity contribution in [1.82, 2.24) is 4.98 Å². The van der Waals surface area contributed by atoms with Crippen LogP contribution in [0.5, 0.6) is 0 Å². The number of nitrogens with zero attached hydrogens (tertiary/aromatic N) is 1. The third-order valence-electron chi connectivity index (χ3n) is 9.03. The van der Waals surface area contributed by atoms with E-state index >= 15 is 0 Å². The molecule has 4 unspecified atom stereocenters. The molecule has 1 aromatic heterocycles. The average molecular weight is 626 g/mol. The summed E-state index contributed by atoms with van der Waals surface area (Å²) in [6.45, 7) is 3.23. The van der Waals surface area contributed by atoms with Crippen molar-refractivity contribution in [2.75, 3.05) is 0 Å². The van der Waals surface area contributed by atoms with E-state index in [1.54, 1.807) is 56.3 Å². The Morgan fingerprint density at radius 1 is 0.605 bits per heavy atom. The smallest absolute Gasteiger partial charge is 0.210 e. The molecule has 5 aromatic rings. The quantitative estimate of drug-likeness (QED) is 0.214. The van der Waals surface area contributed by atoms with Crippen LogP contribution in [0.3, 0.4) is 0 Å². The zero-order valence-corrected chi connectivity index (χ0v) is 25.8. The number of carbonyl (C=O) groups excluding carboxylic acids is 1. The number of sulfone groups is 2. The standard InChI is InChI=1S/C34H27NO5S3/c1-33-27(22-14-6-3-7-15-22)28(23-16-8-4-9-17-23)34(2,31(33)36)30(29(33)42(37,38)24-18-10-5-11-19-24)43(39,40)32-35-25-20-12-13-21-26(25)41-32/h3-21,29-30H,1-2H3. The Morgan fingerprint density at radius 3 is 1.56 bits per heavy atom. The highest BCUT2D eigenvalue weighted by molar-refractivity contribution is 7.97. The second-order valence-corrected chi connectivity index (χ2v) is 16.8. The average Bonchev–Trinajstić information content (AvgIpc) is 3.60. The summed E-state index contributed by atoms with van der Waals surface area (Å²) in [5.74, 6) is -0.420. The molecule has 1 fully saturated rings. The van der Waals surface area contributed by atoms with Gasteiger partial charge in [0.15, 0.2) is 15.6 Å². The lowest BCUT2D eigenvalue weighted by Crippen LogP contribution is -2.51. The van der Waals surface area contributed by atoms with E-state index in [1.807, 2.05) is 60.7 Å². The van der Waals surface area contributed by atoms with Crippen LogP contribution in [0, 0.1) is 10.8 Å². The molecule has 9 heteroatoms. The Bertz CT molecular complexity index is 2130. The molecular weight excluding hydrogens is 599 g/mol. The Kier molecular flexibility index (Phi) is 6.19. The number of allylic oxidation sites excluding steroid dienone is 2. The molecule has 2 bridgehead atoms. The lowest BCUT2D eigenvalue weighted by atomic mass is 9.72. The number of aromatic nitrogens is 1. The minimum atomic E-state index is -4.47. The molecule has 216 valence electrons. The molecule has 6 nitrogen and oxygen atoms in total. The number of ketones is 1. The third-order valence-corrected chi connectivity index (χ3v) is 15.3. The fourth-order valence-electron chi connectivity index (χ4n) is 7.32. The highest BCUT2D eigenvalue weighted by Crippen LogP contribution is 2.70. The number of hydrogen-bond acceptors (Lipinski definition) is 7. The van der Waals surface area contributed by atoms with Crippen LogP contribution in [0.15, 0.2) is 124 Å². The SMILES string of the molecule is CC12C(=O)C(C)(C(c3ccccc3)=C1c1ccccc1)C(S(=O)(=O)c1nc3ccccc3s1)C2S(=O)(=O)c1ccccc1. The zero-order valence-electron chi connectivity index (χ0n) is 23.3. The van der Waals surface area contributed by atoms with E-state index < -0.39 is 46.8 Å². The first kappa shape index (κ1) is 27.9. The number of hydrogen-bond donors (Lipinski definition) is 0. The van der Waals surface area contributed by atoms with Crippen molar-refractivity contribution in [2.45, 2.75) is 33.6 Å². The monoisotopic (exact) mass is 625 g/mol. The summed E-state index contributed by atoms with van der Waals surface area (Å²) < 4.78 is 59.8. The molecular formula is C34H27NO5S3. The number of fused-ring (bicyclic) bond motifs is 3. The van der Waals surface area contributed by atoms with Crippen molar-refractivity contribution in [2.24, 2.45) is 10.8 Å². The molecule has 7 rings (SSSR count). The van der Waals surface area contributed by atoms with Gasteiger partial charge in [-0.3, -0.25) is 4.79 Å². The lowest BCUT2D eigenvalue weighted by molar-refractivity contribution is -0.126. The molecule has 1 heterocycles. The van der Waals surface area contributed by atoms with Gasteiger partial charge < -0.3 is 0 Å². The first-order valence-corrected chi connectivity index (χ1v) is 17.7. The summed E-state index contributed by atoms with van der Waals surface area (Å²) in [6.07, 6.45) is 0. The molecule has 0 amide bonds. The Labute approximate surface area is 254 Å². The van der Waals surface area contributed by atoms with Crippen molar-refractivity contribution < 1.29 is 21.6 Å². The van der Waals surface area contributed by atoms with Crippen molar-refractivity contribution in [1.29, 1.82) is 0 Å². The molecule has 0 aliphatic heterocycles. The van der Waals surface area contributed by atoms with E-state index in [-0.39, 0.29) is 9.24 Å². The van der Waals surface area contributed by atoms with Crippen LogP contribution in [0.25, 0.3) is 21.4 Å². The van der Waals surface area contributed by atoms with Crippen LogP contribution >= 0.6 is 11.3 Å². The summed E-state index contributed by atoms with van der Waals surface area (Å²) in [6, 6.07) is 33.3. The molecule has 0 spiro atoms. The number of Topliss-reactive ketones (excluding diaryl/α,β-unsaturated/α-hetero) is 1. The first-order valence-electron chi connectivity index (χ1n) is 13.8. The summed E-state index contributed by atoms with van der Waals surface area (Å²) in [5, 5.41) is -3.22. The molecule has 1 saturated carbocycles. The third kappa shape index (κ3) is 3.74. The minimum Gasteiger partial charge on any atom is -0.298 e. The molecule has 4 aromatic carbocycles. The van der Waals surface area contributed by atoms with Gasteiger partial charge in [0.05, 0.1) is 25.9 Å². The number of carbonyl (C=O) groups is 1. The van der Waals surface area contributed by atoms with Gasteiger partial charge >= 0.3 is 0 Å². The summed E-state index contributed by atoms with van der Waals surface area (Å²) in [5.41, 5.74) is -0.406. The largest absolute Gasteiger partial charge is 0.298 e. The number of thiazole rings is 1. The Balaban J connectivity index is 1.60.